The predicted molar refractivity (Wildman–Crippen MR) is 63.0 cm³/mol. The third kappa shape index (κ3) is 2.33. The van der Waals surface area contributed by atoms with Crippen LogP contribution < -0.4 is 5.73 Å². The molecule has 3 nitrogen and oxygen atoms in total. The van der Waals surface area contributed by atoms with Crippen LogP contribution in [0.25, 0.3) is 0 Å². The van der Waals surface area contributed by atoms with E-state index in [0.29, 0.717) is 12.5 Å². The molecule has 2 saturated heterocycles. The molecule has 0 saturated carbocycles. The van der Waals surface area contributed by atoms with Gasteiger partial charge in [0.2, 0.25) is 0 Å². The standard InChI is InChI=1S/C11H21NO2S/c1-10(13,7-12)9-2-4-14-11(6-9)3-5-15-8-11/h9,13H,2-8,12H2,1H3. The van der Waals surface area contributed by atoms with E-state index in [1.54, 1.807) is 0 Å². The van der Waals surface area contributed by atoms with E-state index in [2.05, 4.69) is 0 Å². The second-order valence-electron chi connectivity index (χ2n) is 5.09. The largest absolute Gasteiger partial charge is 0.389 e. The van der Waals surface area contributed by atoms with Crippen LogP contribution in [0.4, 0.5) is 0 Å². The first-order valence-corrected chi connectivity index (χ1v) is 6.88. The molecular weight excluding hydrogens is 210 g/mol. The second kappa shape index (κ2) is 4.24. The van der Waals surface area contributed by atoms with E-state index in [9.17, 15) is 5.11 Å². The van der Waals surface area contributed by atoms with Gasteiger partial charge in [0.15, 0.2) is 0 Å². The van der Waals surface area contributed by atoms with Crippen molar-refractivity contribution in [3.63, 3.8) is 0 Å². The molecule has 0 bridgehead atoms. The first-order valence-electron chi connectivity index (χ1n) is 5.72. The minimum atomic E-state index is -0.718. The molecule has 88 valence electrons. The van der Waals surface area contributed by atoms with Gasteiger partial charge in [-0.2, -0.15) is 11.8 Å². The lowest BCUT2D eigenvalue weighted by atomic mass is 9.76. The van der Waals surface area contributed by atoms with Crippen LogP contribution in [0.15, 0.2) is 0 Å². The molecule has 0 aromatic heterocycles. The summed E-state index contributed by atoms with van der Waals surface area (Å²) in [7, 11) is 0. The van der Waals surface area contributed by atoms with Gasteiger partial charge in [-0.1, -0.05) is 0 Å². The van der Waals surface area contributed by atoms with Gasteiger partial charge in [-0.25, -0.2) is 0 Å². The van der Waals surface area contributed by atoms with Gasteiger partial charge in [-0.15, -0.1) is 0 Å². The Morgan fingerprint density at radius 3 is 3.07 bits per heavy atom. The number of thioether (sulfide) groups is 1. The Labute approximate surface area is 95.7 Å². The number of rotatable bonds is 2. The minimum Gasteiger partial charge on any atom is -0.389 e. The smallest absolute Gasteiger partial charge is 0.0784 e. The molecule has 0 aliphatic carbocycles. The first kappa shape index (κ1) is 11.7. The van der Waals surface area contributed by atoms with Crippen LogP contribution in [-0.2, 0) is 4.74 Å². The molecule has 1 spiro atoms. The fourth-order valence-electron chi connectivity index (χ4n) is 2.59. The van der Waals surface area contributed by atoms with Crippen LogP contribution in [0.3, 0.4) is 0 Å². The van der Waals surface area contributed by atoms with Gasteiger partial charge < -0.3 is 15.6 Å². The molecule has 2 fully saturated rings. The third-order valence-corrected chi connectivity index (χ3v) is 5.08. The van der Waals surface area contributed by atoms with E-state index in [1.807, 2.05) is 18.7 Å². The van der Waals surface area contributed by atoms with Gasteiger partial charge in [0, 0.05) is 18.9 Å². The van der Waals surface area contributed by atoms with Crippen molar-refractivity contribution < 1.29 is 9.84 Å². The van der Waals surface area contributed by atoms with Crippen LogP contribution in [-0.4, -0.2) is 41.0 Å². The highest BCUT2D eigenvalue weighted by Gasteiger charge is 2.45. The molecule has 0 amide bonds. The molecule has 4 heteroatoms. The maximum absolute atomic E-state index is 10.2. The normalized spacial score (nSPS) is 40.6. The van der Waals surface area contributed by atoms with Crippen molar-refractivity contribution >= 4 is 11.8 Å². The van der Waals surface area contributed by atoms with Gasteiger partial charge in [0.25, 0.3) is 0 Å². The zero-order valence-corrected chi connectivity index (χ0v) is 10.2. The number of nitrogens with two attached hydrogens (primary N) is 1. The quantitative estimate of drug-likeness (QED) is 0.744. The van der Waals surface area contributed by atoms with E-state index in [4.69, 9.17) is 10.5 Å². The van der Waals surface area contributed by atoms with Crippen LogP contribution >= 0.6 is 11.8 Å². The number of ether oxygens (including phenoxy) is 1. The van der Waals surface area contributed by atoms with Crippen LogP contribution in [0.5, 0.6) is 0 Å². The van der Waals surface area contributed by atoms with E-state index in [0.717, 1.165) is 31.6 Å². The molecule has 2 aliphatic heterocycles. The van der Waals surface area contributed by atoms with Crippen molar-refractivity contribution in [3.8, 4) is 0 Å². The van der Waals surface area contributed by atoms with Crippen molar-refractivity contribution in [2.45, 2.75) is 37.4 Å². The molecule has 3 N–H and O–H groups in total. The molecule has 0 aromatic carbocycles. The van der Waals surface area contributed by atoms with Crippen molar-refractivity contribution in [1.29, 1.82) is 0 Å². The highest BCUT2D eigenvalue weighted by Crippen LogP contribution is 2.43. The van der Waals surface area contributed by atoms with Gasteiger partial charge >= 0.3 is 0 Å². The lowest BCUT2D eigenvalue weighted by Gasteiger charge is -2.43. The van der Waals surface area contributed by atoms with Crippen LogP contribution in [0, 0.1) is 5.92 Å². The fraction of sp³-hybridized carbons (Fsp3) is 1.00. The Kier molecular flexibility index (Phi) is 3.31. The van der Waals surface area contributed by atoms with E-state index >= 15 is 0 Å². The SMILES string of the molecule is CC(O)(CN)C1CCOC2(CCSC2)C1. The van der Waals surface area contributed by atoms with E-state index in [1.165, 1.54) is 5.75 Å². The molecule has 2 rings (SSSR count). The Hall–Kier alpha value is 0.230. The lowest BCUT2D eigenvalue weighted by molar-refractivity contribution is -0.123. The summed E-state index contributed by atoms with van der Waals surface area (Å²) >= 11 is 1.96. The zero-order valence-electron chi connectivity index (χ0n) is 9.37. The molecule has 2 heterocycles. The topological polar surface area (TPSA) is 55.5 Å². The van der Waals surface area contributed by atoms with Gasteiger partial charge in [-0.3, -0.25) is 0 Å². The molecule has 0 radical (unpaired) electrons. The highest BCUT2D eigenvalue weighted by atomic mass is 32.2. The maximum Gasteiger partial charge on any atom is 0.0784 e. The van der Waals surface area contributed by atoms with E-state index in [-0.39, 0.29) is 5.60 Å². The molecule has 2 aliphatic rings. The lowest BCUT2D eigenvalue weighted by Crippen LogP contribution is -2.50. The zero-order chi connectivity index (χ0) is 10.9. The van der Waals surface area contributed by atoms with Crippen molar-refractivity contribution in [2.24, 2.45) is 11.7 Å². The average molecular weight is 231 g/mol. The Balaban J connectivity index is 2.03. The van der Waals surface area contributed by atoms with Crippen LogP contribution in [0.2, 0.25) is 0 Å². The number of aliphatic hydroxyl groups is 1. The molecule has 3 unspecified atom stereocenters. The summed E-state index contributed by atoms with van der Waals surface area (Å²) in [5.74, 6) is 2.58. The first-order chi connectivity index (χ1) is 7.08. The van der Waals surface area contributed by atoms with Crippen molar-refractivity contribution in [1.82, 2.24) is 0 Å². The monoisotopic (exact) mass is 231 g/mol. The summed E-state index contributed by atoms with van der Waals surface area (Å²) in [5, 5.41) is 10.2. The van der Waals surface area contributed by atoms with Crippen molar-refractivity contribution in [2.75, 3.05) is 24.7 Å². The Bertz CT molecular complexity index is 227. The highest BCUT2D eigenvalue weighted by molar-refractivity contribution is 7.99. The van der Waals surface area contributed by atoms with Gasteiger partial charge in [0.1, 0.15) is 0 Å². The third-order valence-electron chi connectivity index (χ3n) is 3.85. The summed E-state index contributed by atoms with van der Waals surface area (Å²) in [6.07, 6.45) is 3.05. The minimum absolute atomic E-state index is 0.0484. The predicted octanol–water partition coefficient (Wildman–Crippen LogP) is 0.998. The van der Waals surface area contributed by atoms with Crippen molar-refractivity contribution in [3.05, 3.63) is 0 Å². The summed E-state index contributed by atoms with van der Waals surface area (Å²) < 4.78 is 5.92. The molecule has 0 aromatic rings. The Morgan fingerprint density at radius 1 is 1.67 bits per heavy atom. The van der Waals surface area contributed by atoms with E-state index < -0.39 is 5.60 Å². The molecule has 15 heavy (non-hydrogen) atoms. The second-order valence-corrected chi connectivity index (χ2v) is 6.19. The number of hydrogen-bond donors (Lipinski definition) is 2. The van der Waals surface area contributed by atoms with Crippen LogP contribution in [0.1, 0.15) is 26.2 Å². The fourth-order valence-corrected chi connectivity index (χ4v) is 3.97. The van der Waals surface area contributed by atoms with Gasteiger partial charge in [0.05, 0.1) is 11.2 Å². The summed E-state index contributed by atoms with van der Waals surface area (Å²) in [6.45, 7) is 2.99. The van der Waals surface area contributed by atoms with Gasteiger partial charge in [-0.05, 0) is 37.9 Å². The summed E-state index contributed by atoms with van der Waals surface area (Å²) in [4.78, 5) is 0. The summed E-state index contributed by atoms with van der Waals surface area (Å²) in [6, 6.07) is 0. The maximum atomic E-state index is 10.2. The molecule has 3 atom stereocenters. The average Bonchev–Trinajstić information content (AvgIpc) is 2.66. The molecular formula is C11H21NO2S. The summed E-state index contributed by atoms with van der Waals surface area (Å²) in [5.41, 5.74) is 4.96. The Morgan fingerprint density at radius 2 is 2.47 bits per heavy atom. The number of hydrogen-bond acceptors (Lipinski definition) is 4.